The van der Waals surface area contributed by atoms with Crippen LogP contribution in [0.4, 0.5) is 0 Å². The second-order valence-electron chi connectivity index (χ2n) is 9.75. The Hall–Kier alpha value is -1.69. The molecule has 2 saturated heterocycles. The van der Waals surface area contributed by atoms with Gasteiger partial charge in [-0.05, 0) is 68.7 Å². The van der Waals surface area contributed by atoms with Crippen LogP contribution in [0.1, 0.15) is 61.5 Å². The van der Waals surface area contributed by atoms with Gasteiger partial charge in [0.1, 0.15) is 5.82 Å². The van der Waals surface area contributed by atoms with Crippen LogP contribution in [-0.2, 0) is 6.54 Å². The first-order valence-electron chi connectivity index (χ1n) is 12.0. The summed E-state index contributed by atoms with van der Waals surface area (Å²) in [5.41, 5.74) is 3.05. The van der Waals surface area contributed by atoms with E-state index in [0.717, 1.165) is 37.3 Å². The number of hydrogen-bond donors (Lipinski definition) is 1. The van der Waals surface area contributed by atoms with Crippen LogP contribution in [-0.4, -0.2) is 70.5 Å². The molecule has 1 atom stereocenters. The summed E-state index contributed by atoms with van der Waals surface area (Å²) in [5.74, 6) is 2.76. The van der Waals surface area contributed by atoms with E-state index in [-0.39, 0.29) is 0 Å². The van der Waals surface area contributed by atoms with E-state index in [2.05, 4.69) is 55.9 Å². The first kappa shape index (κ1) is 20.2. The molecule has 1 aromatic carbocycles. The third-order valence-electron chi connectivity index (χ3n) is 7.68. The Morgan fingerprint density at radius 2 is 1.70 bits per heavy atom. The van der Waals surface area contributed by atoms with E-state index in [9.17, 15) is 0 Å². The summed E-state index contributed by atoms with van der Waals surface area (Å²) in [6, 6.07) is 9.95. The average Bonchev–Trinajstić information content (AvgIpc) is 3.46. The van der Waals surface area contributed by atoms with Gasteiger partial charge in [-0.25, -0.2) is 4.98 Å². The van der Waals surface area contributed by atoms with Crippen molar-refractivity contribution in [3.05, 3.63) is 53.6 Å². The zero-order chi connectivity index (χ0) is 20.3. The van der Waals surface area contributed by atoms with Crippen LogP contribution < -0.4 is 0 Å². The molecule has 5 heteroatoms. The fourth-order valence-corrected chi connectivity index (χ4v) is 5.63. The molecule has 30 heavy (non-hydrogen) atoms. The summed E-state index contributed by atoms with van der Waals surface area (Å²) in [6.07, 6.45) is 9.27. The number of hydrogen-bond acceptors (Lipinski definition) is 4. The second kappa shape index (κ2) is 9.21. The topological polar surface area (TPSA) is 38.4 Å². The summed E-state index contributed by atoms with van der Waals surface area (Å²) < 4.78 is 0. The first-order chi connectivity index (χ1) is 14.7. The molecule has 2 aliphatic heterocycles. The Bertz CT molecular complexity index is 766. The Morgan fingerprint density at radius 1 is 0.967 bits per heavy atom. The van der Waals surface area contributed by atoms with Crippen LogP contribution in [0.3, 0.4) is 0 Å². The highest BCUT2D eigenvalue weighted by Gasteiger charge is 2.33. The lowest BCUT2D eigenvalue weighted by Gasteiger charge is -2.42. The highest BCUT2D eigenvalue weighted by atomic mass is 15.3. The van der Waals surface area contributed by atoms with Gasteiger partial charge in [-0.3, -0.25) is 9.80 Å². The number of H-pyrrole nitrogens is 1. The summed E-state index contributed by atoms with van der Waals surface area (Å²) in [6.45, 7) is 11.9. The van der Waals surface area contributed by atoms with Crippen molar-refractivity contribution < 1.29 is 0 Å². The van der Waals surface area contributed by atoms with Crippen molar-refractivity contribution in [2.45, 2.75) is 51.1 Å². The minimum atomic E-state index is 0.392. The van der Waals surface area contributed by atoms with Gasteiger partial charge in [0.25, 0.3) is 0 Å². The molecule has 162 valence electrons. The molecule has 1 N–H and O–H groups in total. The van der Waals surface area contributed by atoms with Gasteiger partial charge in [-0.1, -0.05) is 24.3 Å². The van der Waals surface area contributed by atoms with Gasteiger partial charge < -0.3 is 9.88 Å². The number of likely N-dealkylation sites (tertiary alicyclic amines) is 1. The fraction of sp³-hybridized carbons (Fsp3) is 0.640. The lowest BCUT2D eigenvalue weighted by atomic mass is 9.71. The number of nitrogens with zero attached hydrogens (tertiary/aromatic N) is 4. The number of piperazine rings is 1. The molecule has 0 bridgehead atoms. The van der Waals surface area contributed by atoms with E-state index < -0.39 is 0 Å². The van der Waals surface area contributed by atoms with Crippen molar-refractivity contribution in [2.24, 2.45) is 5.92 Å². The fourth-order valence-electron chi connectivity index (χ4n) is 5.63. The third-order valence-corrected chi connectivity index (χ3v) is 7.68. The predicted molar refractivity (Wildman–Crippen MR) is 121 cm³/mol. The average molecular weight is 408 g/mol. The maximum atomic E-state index is 4.44. The van der Waals surface area contributed by atoms with E-state index >= 15 is 0 Å². The van der Waals surface area contributed by atoms with Gasteiger partial charge in [0.15, 0.2) is 0 Å². The van der Waals surface area contributed by atoms with E-state index in [4.69, 9.17) is 0 Å². The lowest BCUT2D eigenvalue weighted by Crippen LogP contribution is -2.49. The molecule has 0 spiro atoms. The molecule has 0 amide bonds. The quantitative estimate of drug-likeness (QED) is 0.756. The SMILES string of the molecule is CC(c1ncc[nH]1)N1CCN(CC2CC(c3ccc(CN4CCCC4)cc3)C2)CC1. The highest BCUT2D eigenvalue weighted by Crippen LogP contribution is 2.42. The van der Waals surface area contributed by atoms with Gasteiger partial charge in [-0.15, -0.1) is 0 Å². The Kier molecular flexibility index (Phi) is 6.21. The van der Waals surface area contributed by atoms with E-state index in [0.29, 0.717) is 6.04 Å². The standard InChI is InChI=1S/C25H37N5/c1-20(25-26-8-9-27-25)30-14-12-29(13-15-30)19-22-16-24(17-22)23-6-4-21(5-7-23)18-28-10-2-3-11-28/h4-9,20,22,24H,2-3,10-19H2,1H3,(H,26,27). The summed E-state index contributed by atoms with van der Waals surface area (Å²) in [7, 11) is 0. The van der Waals surface area contributed by atoms with Gasteiger partial charge in [0.05, 0.1) is 6.04 Å². The monoisotopic (exact) mass is 407 g/mol. The van der Waals surface area contributed by atoms with Gasteiger partial charge in [0.2, 0.25) is 0 Å². The summed E-state index contributed by atoms with van der Waals surface area (Å²) in [5, 5.41) is 0. The zero-order valence-electron chi connectivity index (χ0n) is 18.5. The van der Waals surface area contributed by atoms with Gasteiger partial charge in [-0.2, -0.15) is 0 Å². The molecular weight excluding hydrogens is 370 g/mol. The number of aromatic nitrogens is 2. The maximum Gasteiger partial charge on any atom is 0.123 e. The van der Waals surface area contributed by atoms with Crippen molar-refractivity contribution in [1.29, 1.82) is 0 Å². The van der Waals surface area contributed by atoms with E-state index in [1.54, 1.807) is 5.56 Å². The van der Waals surface area contributed by atoms with Crippen molar-refractivity contribution in [2.75, 3.05) is 45.8 Å². The second-order valence-corrected chi connectivity index (χ2v) is 9.75. The molecule has 1 saturated carbocycles. The van der Waals surface area contributed by atoms with Crippen molar-refractivity contribution in [3.8, 4) is 0 Å². The smallest absolute Gasteiger partial charge is 0.123 e. The van der Waals surface area contributed by atoms with Crippen LogP contribution in [0.15, 0.2) is 36.7 Å². The summed E-state index contributed by atoms with van der Waals surface area (Å²) >= 11 is 0. The number of nitrogens with one attached hydrogen (secondary N) is 1. The predicted octanol–water partition coefficient (Wildman–Crippen LogP) is 3.88. The molecule has 3 heterocycles. The molecule has 1 aromatic heterocycles. The molecule has 0 radical (unpaired) electrons. The molecule has 3 aliphatic rings. The summed E-state index contributed by atoms with van der Waals surface area (Å²) in [4.78, 5) is 15.5. The van der Waals surface area contributed by atoms with Crippen LogP contribution >= 0.6 is 0 Å². The van der Waals surface area contributed by atoms with Crippen LogP contribution in [0, 0.1) is 5.92 Å². The molecular formula is C25H37N5. The van der Waals surface area contributed by atoms with E-state index in [1.165, 1.54) is 64.0 Å². The van der Waals surface area contributed by atoms with Crippen molar-refractivity contribution >= 4 is 0 Å². The molecule has 3 fully saturated rings. The van der Waals surface area contributed by atoms with Gasteiger partial charge in [0, 0.05) is 51.7 Å². The number of aromatic amines is 1. The largest absolute Gasteiger partial charge is 0.347 e. The Balaban J connectivity index is 1.03. The minimum Gasteiger partial charge on any atom is -0.347 e. The molecule has 5 nitrogen and oxygen atoms in total. The maximum absolute atomic E-state index is 4.44. The first-order valence-corrected chi connectivity index (χ1v) is 12.0. The molecule has 1 aliphatic carbocycles. The minimum absolute atomic E-state index is 0.392. The Labute approximate surface area is 181 Å². The van der Waals surface area contributed by atoms with E-state index in [1.807, 2.05) is 12.4 Å². The van der Waals surface area contributed by atoms with Gasteiger partial charge >= 0.3 is 0 Å². The molecule has 5 rings (SSSR count). The number of benzene rings is 1. The third kappa shape index (κ3) is 4.63. The molecule has 1 unspecified atom stereocenters. The number of imidazole rings is 1. The lowest BCUT2D eigenvalue weighted by molar-refractivity contribution is 0.0725. The highest BCUT2D eigenvalue weighted by molar-refractivity contribution is 5.27. The zero-order valence-corrected chi connectivity index (χ0v) is 18.5. The van der Waals surface area contributed by atoms with Crippen molar-refractivity contribution in [1.82, 2.24) is 24.7 Å². The number of rotatable bonds is 7. The van der Waals surface area contributed by atoms with Crippen LogP contribution in [0.25, 0.3) is 0 Å². The van der Waals surface area contributed by atoms with Crippen molar-refractivity contribution in [3.63, 3.8) is 0 Å². The van der Waals surface area contributed by atoms with Crippen LogP contribution in [0.5, 0.6) is 0 Å². The van der Waals surface area contributed by atoms with Crippen LogP contribution in [0.2, 0.25) is 0 Å². The Morgan fingerprint density at radius 3 is 2.37 bits per heavy atom. The molecule has 2 aromatic rings. The normalized spacial score (nSPS) is 27.2.